The van der Waals surface area contributed by atoms with E-state index in [4.69, 9.17) is 0 Å². The molecule has 1 aliphatic rings. The van der Waals surface area contributed by atoms with E-state index in [1.54, 1.807) is 30.3 Å². The molecule has 7 heteroatoms. The monoisotopic (exact) mass is 358 g/mol. The molecule has 1 saturated heterocycles. The first-order chi connectivity index (χ1) is 12.1. The summed E-state index contributed by atoms with van der Waals surface area (Å²) < 4.78 is 0. The lowest BCUT2D eigenvalue weighted by atomic mass is 10.1. The molecule has 2 heterocycles. The predicted molar refractivity (Wildman–Crippen MR) is 93.6 cm³/mol. The van der Waals surface area contributed by atoms with Gasteiger partial charge in [0.25, 0.3) is 11.8 Å². The third kappa shape index (κ3) is 3.88. The number of aliphatic carboxylic acids is 1. The van der Waals surface area contributed by atoms with E-state index in [9.17, 15) is 19.5 Å². The van der Waals surface area contributed by atoms with Crippen molar-refractivity contribution < 1.29 is 19.5 Å². The number of carboxylic acids is 1. The number of carboxylic acid groups (broad SMARTS) is 1. The van der Waals surface area contributed by atoms with Gasteiger partial charge in [0.05, 0.1) is 4.88 Å². The molecule has 1 aromatic heterocycles. The largest absolute Gasteiger partial charge is 0.480 e. The van der Waals surface area contributed by atoms with Crippen molar-refractivity contribution >= 4 is 29.1 Å². The smallest absolute Gasteiger partial charge is 0.326 e. The van der Waals surface area contributed by atoms with E-state index in [0.29, 0.717) is 36.4 Å². The average Bonchev–Trinajstić information content (AvgIpc) is 3.30. The molecule has 1 aromatic carbocycles. The van der Waals surface area contributed by atoms with Crippen LogP contribution in [-0.4, -0.2) is 40.4 Å². The Balaban J connectivity index is 1.61. The zero-order valence-electron chi connectivity index (χ0n) is 13.5. The molecule has 3 rings (SSSR count). The Morgan fingerprint density at radius 2 is 1.96 bits per heavy atom. The highest BCUT2D eigenvalue weighted by Crippen LogP contribution is 2.20. The first kappa shape index (κ1) is 17.2. The fraction of sp³-hybridized carbons (Fsp3) is 0.278. The number of likely N-dealkylation sites (tertiary alicyclic amines) is 1. The minimum atomic E-state index is -0.959. The summed E-state index contributed by atoms with van der Waals surface area (Å²) >= 11 is 1.38. The van der Waals surface area contributed by atoms with E-state index >= 15 is 0 Å². The van der Waals surface area contributed by atoms with Crippen molar-refractivity contribution in [3.8, 4) is 0 Å². The molecule has 6 nitrogen and oxygen atoms in total. The number of carbonyl (C=O) groups excluding carboxylic acids is 2. The van der Waals surface area contributed by atoms with E-state index in [0.717, 1.165) is 5.56 Å². The Bertz CT molecular complexity index is 771. The third-order valence-corrected chi connectivity index (χ3v) is 5.07. The molecule has 0 aliphatic carbocycles. The number of benzene rings is 1. The second kappa shape index (κ2) is 7.48. The number of rotatable bonds is 5. The summed E-state index contributed by atoms with van der Waals surface area (Å²) in [5.41, 5.74) is 1.33. The fourth-order valence-electron chi connectivity index (χ4n) is 2.87. The number of hydrogen-bond acceptors (Lipinski definition) is 4. The van der Waals surface area contributed by atoms with Gasteiger partial charge in [0, 0.05) is 18.7 Å². The Morgan fingerprint density at radius 1 is 1.20 bits per heavy atom. The van der Waals surface area contributed by atoms with E-state index in [2.05, 4.69) is 5.32 Å². The number of nitrogens with zero attached hydrogens (tertiary/aromatic N) is 1. The highest BCUT2D eigenvalue weighted by Gasteiger charge is 2.34. The predicted octanol–water partition coefficient (Wildman–Crippen LogP) is 2.37. The maximum Gasteiger partial charge on any atom is 0.326 e. The van der Waals surface area contributed by atoms with Crippen molar-refractivity contribution in [1.29, 1.82) is 0 Å². The molecule has 1 aliphatic heterocycles. The number of hydrogen-bond donors (Lipinski definition) is 2. The maximum atomic E-state index is 12.5. The standard InChI is InChI=1S/C18H18N2O4S/c21-16(15-4-2-10-25-15)19-11-12-5-7-13(8-6-12)17(22)20-9-1-3-14(20)18(23)24/h2,4-8,10,14H,1,3,9,11H2,(H,19,21)(H,23,24)/t14-/m0/s1. The number of nitrogens with one attached hydrogen (secondary N) is 1. The molecule has 0 unspecified atom stereocenters. The summed E-state index contributed by atoms with van der Waals surface area (Å²) in [6.45, 7) is 0.834. The van der Waals surface area contributed by atoms with Crippen LogP contribution in [0.4, 0.5) is 0 Å². The lowest BCUT2D eigenvalue weighted by Crippen LogP contribution is -2.40. The highest BCUT2D eigenvalue weighted by atomic mass is 32.1. The van der Waals surface area contributed by atoms with E-state index in [1.807, 2.05) is 11.4 Å². The van der Waals surface area contributed by atoms with Crippen LogP contribution in [0.2, 0.25) is 0 Å². The number of amides is 2. The van der Waals surface area contributed by atoms with E-state index in [1.165, 1.54) is 16.2 Å². The lowest BCUT2D eigenvalue weighted by molar-refractivity contribution is -0.141. The van der Waals surface area contributed by atoms with Crippen LogP contribution in [0.3, 0.4) is 0 Å². The first-order valence-electron chi connectivity index (χ1n) is 8.00. The summed E-state index contributed by atoms with van der Waals surface area (Å²) in [7, 11) is 0. The minimum absolute atomic E-state index is 0.128. The SMILES string of the molecule is O=C(NCc1ccc(C(=O)N2CCC[C@H]2C(=O)O)cc1)c1cccs1. The van der Waals surface area contributed by atoms with Gasteiger partial charge in [-0.1, -0.05) is 18.2 Å². The zero-order chi connectivity index (χ0) is 17.8. The first-order valence-corrected chi connectivity index (χ1v) is 8.88. The van der Waals surface area contributed by atoms with Crippen molar-refractivity contribution in [3.63, 3.8) is 0 Å². The second-order valence-corrected chi connectivity index (χ2v) is 6.80. The van der Waals surface area contributed by atoms with Gasteiger partial charge in [0.1, 0.15) is 6.04 Å². The van der Waals surface area contributed by atoms with Gasteiger partial charge in [-0.2, -0.15) is 0 Å². The minimum Gasteiger partial charge on any atom is -0.480 e. The van der Waals surface area contributed by atoms with Gasteiger partial charge in [-0.15, -0.1) is 11.3 Å². The molecule has 1 fully saturated rings. The fourth-order valence-corrected chi connectivity index (χ4v) is 3.51. The van der Waals surface area contributed by atoms with Gasteiger partial charge in [0.15, 0.2) is 0 Å². The molecule has 1 atom stereocenters. The van der Waals surface area contributed by atoms with Crippen LogP contribution >= 0.6 is 11.3 Å². The molecule has 0 spiro atoms. The van der Waals surface area contributed by atoms with Crippen LogP contribution in [0.1, 0.15) is 38.4 Å². The van der Waals surface area contributed by atoms with Crippen molar-refractivity contribution in [2.75, 3.05) is 6.54 Å². The van der Waals surface area contributed by atoms with Crippen LogP contribution in [0.25, 0.3) is 0 Å². The summed E-state index contributed by atoms with van der Waals surface area (Å²) in [5.74, 6) is -1.35. The third-order valence-electron chi connectivity index (χ3n) is 4.20. The molecule has 130 valence electrons. The highest BCUT2D eigenvalue weighted by molar-refractivity contribution is 7.12. The van der Waals surface area contributed by atoms with E-state index in [-0.39, 0.29) is 11.8 Å². The van der Waals surface area contributed by atoms with Crippen LogP contribution in [0.5, 0.6) is 0 Å². The van der Waals surface area contributed by atoms with Crippen LogP contribution in [-0.2, 0) is 11.3 Å². The van der Waals surface area contributed by atoms with Crippen molar-refractivity contribution in [3.05, 3.63) is 57.8 Å². The summed E-state index contributed by atoms with van der Waals surface area (Å²) in [6, 6.07) is 9.73. The van der Waals surface area contributed by atoms with Gasteiger partial charge in [0.2, 0.25) is 0 Å². The molecule has 2 aromatic rings. The Labute approximate surface area is 149 Å². The molecular weight excluding hydrogens is 340 g/mol. The normalized spacial score (nSPS) is 16.6. The van der Waals surface area contributed by atoms with Gasteiger partial charge in [-0.05, 0) is 42.0 Å². The van der Waals surface area contributed by atoms with Crippen LogP contribution in [0.15, 0.2) is 41.8 Å². The summed E-state index contributed by atoms with van der Waals surface area (Å²) in [6.07, 6.45) is 1.20. The van der Waals surface area contributed by atoms with Gasteiger partial charge in [-0.3, -0.25) is 9.59 Å². The molecule has 0 bridgehead atoms. The van der Waals surface area contributed by atoms with Crippen molar-refractivity contribution in [2.45, 2.75) is 25.4 Å². The molecule has 2 N–H and O–H groups in total. The molecule has 0 saturated carbocycles. The summed E-state index contributed by atoms with van der Waals surface area (Å²) in [5, 5.41) is 13.9. The van der Waals surface area contributed by atoms with Gasteiger partial charge < -0.3 is 15.3 Å². The average molecular weight is 358 g/mol. The Morgan fingerprint density at radius 3 is 2.60 bits per heavy atom. The molecular formula is C18H18N2O4S. The maximum absolute atomic E-state index is 12.5. The lowest BCUT2D eigenvalue weighted by Gasteiger charge is -2.21. The number of carbonyl (C=O) groups is 3. The molecule has 2 amide bonds. The van der Waals surface area contributed by atoms with Crippen molar-refractivity contribution in [1.82, 2.24) is 10.2 Å². The summed E-state index contributed by atoms with van der Waals surface area (Å²) in [4.78, 5) is 37.7. The van der Waals surface area contributed by atoms with Gasteiger partial charge >= 0.3 is 5.97 Å². The number of thiophene rings is 1. The quantitative estimate of drug-likeness (QED) is 0.859. The second-order valence-electron chi connectivity index (χ2n) is 5.85. The van der Waals surface area contributed by atoms with Gasteiger partial charge in [-0.25, -0.2) is 4.79 Å². The van der Waals surface area contributed by atoms with Crippen LogP contribution < -0.4 is 5.32 Å². The topological polar surface area (TPSA) is 86.7 Å². The van der Waals surface area contributed by atoms with E-state index < -0.39 is 12.0 Å². The zero-order valence-corrected chi connectivity index (χ0v) is 14.3. The molecule has 25 heavy (non-hydrogen) atoms. The Hall–Kier alpha value is -2.67. The Kier molecular flexibility index (Phi) is 5.14. The van der Waals surface area contributed by atoms with Crippen molar-refractivity contribution in [2.24, 2.45) is 0 Å². The molecule has 0 radical (unpaired) electrons. The van der Waals surface area contributed by atoms with Crippen LogP contribution in [0, 0.1) is 0 Å².